The van der Waals surface area contributed by atoms with Crippen LogP contribution < -0.4 is 14.8 Å². The smallest absolute Gasteiger partial charge is 0.201 e. The van der Waals surface area contributed by atoms with Crippen LogP contribution in [0.2, 0.25) is 0 Å². The topological polar surface area (TPSA) is 91.9 Å². The maximum absolute atomic E-state index is 15.4. The zero-order chi connectivity index (χ0) is 25.9. The average Bonchev–Trinajstić information content (AvgIpc) is 3.34. The van der Waals surface area contributed by atoms with E-state index in [9.17, 15) is 13.6 Å². The molecular weight excluding hydrogens is 503 g/mol. The van der Waals surface area contributed by atoms with Gasteiger partial charge in [-0.15, -0.1) is 0 Å². The second kappa shape index (κ2) is 10.2. The highest BCUT2D eigenvalue weighted by molar-refractivity contribution is 8.00. The first kappa shape index (κ1) is 24.2. The number of benzene rings is 3. The molecule has 0 fully saturated rings. The highest BCUT2D eigenvalue weighted by Crippen LogP contribution is 2.32. The lowest BCUT2D eigenvalue weighted by Crippen LogP contribution is -2.10. The van der Waals surface area contributed by atoms with Crippen molar-refractivity contribution < 1.29 is 22.7 Å². The number of ketones is 1. The van der Waals surface area contributed by atoms with E-state index in [0.717, 1.165) is 24.1 Å². The number of fused-ring (bicyclic) bond motifs is 1. The summed E-state index contributed by atoms with van der Waals surface area (Å²) in [6.07, 6.45) is 2.62. The van der Waals surface area contributed by atoms with Crippen molar-refractivity contribution in [2.45, 2.75) is 4.90 Å². The van der Waals surface area contributed by atoms with Gasteiger partial charge in [0.05, 0.1) is 34.2 Å². The van der Waals surface area contributed by atoms with E-state index in [2.05, 4.69) is 25.0 Å². The number of hydrogen-bond acceptors (Lipinski definition) is 7. The average molecular weight is 522 g/mol. The minimum Gasteiger partial charge on any atom is -0.497 e. The molecule has 3 N–H and O–H groups in total. The van der Waals surface area contributed by atoms with Gasteiger partial charge in [0, 0.05) is 18.0 Å². The zero-order valence-corrected chi connectivity index (χ0v) is 20.0. The zero-order valence-electron chi connectivity index (χ0n) is 19.2. The number of methoxy groups -OCH3 is 1. The molecule has 0 aliphatic heterocycles. The second-order valence-electron chi connectivity index (χ2n) is 7.75. The van der Waals surface area contributed by atoms with Gasteiger partial charge in [-0.3, -0.25) is 4.79 Å². The van der Waals surface area contributed by atoms with E-state index in [1.807, 2.05) is 0 Å². The maximum Gasteiger partial charge on any atom is 0.201 e. The van der Waals surface area contributed by atoms with Gasteiger partial charge in [0.1, 0.15) is 35.2 Å². The molecule has 37 heavy (non-hydrogen) atoms. The molecule has 0 radical (unpaired) electrons. The summed E-state index contributed by atoms with van der Waals surface area (Å²) < 4.78 is 52.0. The third-order valence-electron chi connectivity index (χ3n) is 5.47. The fourth-order valence-electron chi connectivity index (χ4n) is 3.69. The van der Waals surface area contributed by atoms with Crippen LogP contribution in [-0.2, 0) is 0 Å². The largest absolute Gasteiger partial charge is 0.497 e. The highest BCUT2D eigenvalue weighted by atomic mass is 32.2. The number of rotatable bonds is 8. The summed E-state index contributed by atoms with van der Waals surface area (Å²) in [6.45, 7) is 0. The van der Waals surface area contributed by atoms with Crippen molar-refractivity contribution in [2.24, 2.45) is 0 Å². The lowest BCUT2D eigenvalue weighted by Gasteiger charge is -2.12. The van der Waals surface area contributed by atoms with Gasteiger partial charge in [0.15, 0.2) is 5.82 Å². The van der Waals surface area contributed by atoms with E-state index >= 15 is 4.39 Å². The lowest BCUT2D eigenvalue weighted by molar-refractivity contribution is 0.103. The van der Waals surface area contributed by atoms with Crippen molar-refractivity contribution in [1.82, 2.24) is 15.0 Å². The van der Waals surface area contributed by atoms with Crippen molar-refractivity contribution >= 4 is 46.0 Å². The first-order valence-electron chi connectivity index (χ1n) is 10.9. The van der Waals surface area contributed by atoms with E-state index in [0.29, 0.717) is 17.1 Å². The number of nitrogens with zero attached hydrogens (tertiary/aromatic N) is 2. The van der Waals surface area contributed by atoms with Gasteiger partial charge >= 0.3 is 0 Å². The molecule has 2 aromatic heterocycles. The Bertz CT molecular complexity index is 1630. The number of hydrogen-bond donors (Lipinski definition) is 3. The van der Waals surface area contributed by atoms with Crippen LogP contribution in [-0.4, -0.2) is 27.8 Å². The fourth-order valence-corrected chi connectivity index (χ4v) is 4.38. The van der Waals surface area contributed by atoms with Crippen LogP contribution in [0.1, 0.15) is 15.9 Å². The first-order valence-corrected chi connectivity index (χ1v) is 11.7. The Kier molecular flexibility index (Phi) is 6.69. The number of aromatic amines is 1. The SMILES string of the molecule is COc1cccc(Nc2ncnc3[nH]cc(C(=O)c4c(F)ccc(NSc5ccccc5F)c4F)c23)c1. The molecule has 0 saturated heterocycles. The molecule has 0 amide bonds. The molecule has 11 heteroatoms. The summed E-state index contributed by atoms with van der Waals surface area (Å²) in [7, 11) is 1.53. The Morgan fingerprint density at radius 2 is 1.84 bits per heavy atom. The Hall–Kier alpha value is -4.51. The monoisotopic (exact) mass is 521 g/mol. The number of H-pyrrole nitrogens is 1. The van der Waals surface area contributed by atoms with Crippen LogP contribution >= 0.6 is 11.9 Å². The van der Waals surface area contributed by atoms with Crippen LogP contribution in [0.5, 0.6) is 5.75 Å². The van der Waals surface area contributed by atoms with E-state index in [-0.39, 0.29) is 27.4 Å². The molecule has 186 valence electrons. The minimum absolute atomic E-state index is 0.0299. The molecule has 0 aliphatic carbocycles. The third-order valence-corrected chi connectivity index (χ3v) is 6.35. The van der Waals surface area contributed by atoms with Crippen molar-refractivity contribution in [3.8, 4) is 5.75 Å². The number of nitrogens with one attached hydrogen (secondary N) is 3. The first-order chi connectivity index (χ1) is 18.0. The van der Waals surface area contributed by atoms with Crippen LogP contribution in [0, 0.1) is 17.5 Å². The number of ether oxygens (including phenoxy) is 1. The molecule has 3 aromatic carbocycles. The normalized spacial score (nSPS) is 10.9. The van der Waals surface area contributed by atoms with E-state index in [1.165, 1.54) is 37.8 Å². The summed E-state index contributed by atoms with van der Waals surface area (Å²) in [4.78, 5) is 24.9. The molecular formula is C26H18F3N5O2S. The Balaban J connectivity index is 1.50. The van der Waals surface area contributed by atoms with Gasteiger partial charge in [0.2, 0.25) is 5.78 Å². The van der Waals surface area contributed by atoms with Crippen LogP contribution in [0.3, 0.4) is 0 Å². The molecule has 0 spiro atoms. The minimum atomic E-state index is -1.11. The Morgan fingerprint density at radius 3 is 2.65 bits per heavy atom. The number of carbonyl (C=O) groups excluding carboxylic acids is 1. The predicted molar refractivity (Wildman–Crippen MR) is 136 cm³/mol. The number of anilines is 3. The van der Waals surface area contributed by atoms with Crippen molar-refractivity contribution in [3.05, 3.63) is 102 Å². The van der Waals surface area contributed by atoms with E-state index < -0.39 is 28.8 Å². The van der Waals surface area contributed by atoms with Crippen LogP contribution in [0.4, 0.5) is 30.4 Å². The van der Waals surface area contributed by atoms with E-state index in [4.69, 9.17) is 4.74 Å². The molecule has 2 heterocycles. The highest BCUT2D eigenvalue weighted by Gasteiger charge is 2.26. The standard InChI is InChI=1S/C26H18F3N5O2S/c1-36-15-6-4-5-14(11-15)33-26-21-16(12-30-25(21)31-13-32-26)24(35)22-18(28)9-10-19(23(22)29)34-37-20-8-3-2-7-17(20)27/h2-13,34H,1H3,(H2,30,31,32,33). The lowest BCUT2D eigenvalue weighted by atomic mass is 10.0. The molecule has 0 bridgehead atoms. The van der Waals surface area contributed by atoms with Gasteiger partial charge in [-0.05, 0) is 48.3 Å². The van der Waals surface area contributed by atoms with Crippen LogP contribution in [0.15, 0.2) is 78.1 Å². The second-order valence-corrected chi connectivity index (χ2v) is 8.60. The van der Waals surface area contributed by atoms with Crippen molar-refractivity contribution in [1.29, 1.82) is 0 Å². The molecule has 0 atom stereocenters. The van der Waals surface area contributed by atoms with Gasteiger partial charge < -0.3 is 19.8 Å². The van der Waals surface area contributed by atoms with Gasteiger partial charge in [-0.2, -0.15) is 0 Å². The van der Waals surface area contributed by atoms with Gasteiger partial charge in [-0.25, -0.2) is 23.1 Å². The maximum atomic E-state index is 15.4. The summed E-state index contributed by atoms with van der Waals surface area (Å²) in [5.74, 6) is -2.71. The molecule has 0 unspecified atom stereocenters. The van der Waals surface area contributed by atoms with Gasteiger partial charge in [-0.1, -0.05) is 18.2 Å². The number of carbonyl (C=O) groups is 1. The fraction of sp³-hybridized carbons (Fsp3) is 0.0385. The predicted octanol–water partition coefficient (Wildman–Crippen LogP) is 6.48. The molecule has 7 nitrogen and oxygen atoms in total. The molecule has 5 aromatic rings. The Morgan fingerprint density at radius 1 is 1.00 bits per heavy atom. The van der Waals surface area contributed by atoms with Crippen molar-refractivity contribution in [3.63, 3.8) is 0 Å². The molecule has 0 aliphatic rings. The molecule has 5 rings (SSSR count). The number of aromatic nitrogens is 3. The Labute approximate surface area is 213 Å². The third kappa shape index (κ3) is 4.81. The van der Waals surface area contributed by atoms with Crippen LogP contribution in [0.25, 0.3) is 11.0 Å². The molecule has 0 saturated carbocycles. The summed E-state index contributed by atoms with van der Waals surface area (Å²) in [5.41, 5.74) is -0.0561. The summed E-state index contributed by atoms with van der Waals surface area (Å²) in [6, 6.07) is 15.1. The van der Waals surface area contributed by atoms with Gasteiger partial charge in [0.25, 0.3) is 0 Å². The van der Waals surface area contributed by atoms with E-state index in [1.54, 1.807) is 30.3 Å². The summed E-state index contributed by atoms with van der Waals surface area (Å²) >= 11 is 0.802. The van der Waals surface area contributed by atoms with Crippen molar-refractivity contribution in [2.75, 3.05) is 17.1 Å². The number of halogens is 3. The summed E-state index contributed by atoms with van der Waals surface area (Å²) in [5, 5.41) is 3.35. The quantitative estimate of drug-likeness (QED) is 0.159.